The Kier molecular flexibility index (Phi) is 4.86. The summed E-state index contributed by atoms with van der Waals surface area (Å²) in [6, 6.07) is 17.7. The number of hydrogen-bond donors (Lipinski definition) is 1. The Hall–Kier alpha value is -2.99. The van der Waals surface area contributed by atoms with Gasteiger partial charge in [0.15, 0.2) is 0 Å². The van der Waals surface area contributed by atoms with E-state index >= 15 is 0 Å². The molecule has 132 valence electrons. The fraction of sp³-hybridized carbons (Fsp3) is 0.0500. The van der Waals surface area contributed by atoms with E-state index in [1.54, 1.807) is 24.3 Å². The van der Waals surface area contributed by atoms with Gasteiger partial charge in [-0.2, -0.15) is 0 Å². The molecule has 0 aliphatic heterocycles. The average Bonchev–Trinajstić information content (AvgIpc) is 2.63. The van der Waals surface area contributed by atoms with Gasteiger partial charge in [-0.3, -0.25) is 4.79 Å². The highest BCUT2D eigenvalue weighted by Crippen LogP contribution is 2.23. The third-order valence-electron chi connectivity index (χ3n) is 3.86. The number of sulfone groups is 1. The molecule has 1 amide bonds. The summed E-state index contributed by atoms with van der Waals surface area (Å²) < 4.78 is 38.1. The van der Waals surface area contributed by atoms with Gasteiger partial charge in [-0.25, -0.2) is 12.8 Å². The molecule has 0 saturated heterocycles. The van der Waals surface area contributed by atoms with Crippen molar-refractivity contribution in [3.63, 3.8) is 0 Å². The second-order valence-electron chi connectivity index (χ2n) is 5.80. The topological polar surface area (TPSA) is 63.2 Å². The Labute approximate surface area is 151 Å². The van der Waals surface area contributed by atoms with Crippen molar-refractivity contribution in [2.75, 3.05) is 5.32 Å². The van der Waals surface area contributed by atoms with Crippen LogP contribution in [0, 0.1) is 12.7 Å². The van der Waals surface area contributed by atoms with Gasteiger partial charge in [0.25, 0.3) is 5.91 Å². The first kappa shape index (κ1) is 17.8. The number of anilines is 1. The molecule has 0 unspecified atom stereocenters. The summed E-state index contributed by atoms with van der Waals surface area (Å²) in [4.78, 5) is 12.5. The minimum atomic E-state index is -3.61. The lowest BCUT2D eigenvalue weighted by Crippen LogP contribution is -2.12. The number of halogens is 1. The maximum absolute atomic E-state index is 12.9. The van der Waals surface area contributed by atoms with Crippen molar-refractivity contribution in [1.82, 2.24) is 0 Å². The molecule has 0 radical (unpaired) electrons. The van der Waals surface area contributed by atoms with Crippen LogP contribution in [0.15, 0.2) is 82.6 Å². The van der Waals surface area contributed by atoms with E-state index < -0.39 is 21.6 Å². The van der Waals surface area contributed by atoms with Gasteiger partial charge in [0.05, 0.1) is 9.79 Å². The summed E-state index contributed by atoms with van der Waals surface area (Å²) in [6.45, 7) is 1.88. The third kappa shape index (κ3) is 3.81. The summed E-state index contributed by atoms with van der Waals surface area (Å²) in [5.41, 5.74) is 1.73. The molecule has 26 heavy (non-hydrogen) atoms. The van der Waals surface area contributed by atoms with Crippen LogP contribution in [0.3, 0.4) is 0 Å². The van der Waals surface area contributed by atoms with E-state index in [-0.39, 0.29) is 9.79 Å². The molecule has 0 heterocycles. The lowest BCUT2D eigenvalue weighted by molar-refractivity contribution is 0.102. The Morgan fingerprint density at radius 2 is 1.31 bits per heavy atom. The standard InChI is InChI=1S/C20H16FNO3S/c1-14-2-10-18(11-3-14)26(24,25)19-12-8-17(9-13-19)22-20(23)15-4-6-16(21)7-5-15/h2-13H,1H3,(H,22,23). The zero-order valence-electron chi connectivity index (χ0n) is 13.9. The van der Waals surface area contributed by atoms with Crippen LogP contribution in [0.1, 0.15) is 15.9 Å². The third-order valence-corrected chi connectivity index (χ3v) is 5.65. The van der Waals surface area contributed by atoms with Crippen LogP contribution in [-0.4, -0.2) is 14.3 Å². The first-order valence-corrected chi connectivity index (χ1v) is 9.33. The summed E-state index contributed by atoms with van der Waals surface area (Å²) in [6.07, 6.45) is 0. The molecule has 3 aromatic carbocycles. The number of amides is 1. The lowest BCUT2D eigenvalue weighted by atomic mass is 10.2. The van der Waals surface area contributed by atoms with Gasteiger partial charge in [0, 0.05) is 11.3 Å². The minimum Gasteiger partial charge on any atom is -0.322 e. The Morgan fingerprint density at radius 3 is 1.85 bits per heavy atom. The second kappa shape index (κ2) is 7.09. The number of rotatable bonds is 4. The van der Waals surface area contributed by atoms with E-state index in [1.807, 2.05) is 6.92 Å². The van der Waals surface area contributed by atoms with Crippen LogP contribution in [-0.2, 0) is 9.84 Å². The number of nitrogens with one attached hydrogen (secondary N) is 1. The van der Waals surface area contributed by atoms with E-state index in [1.165, 1.54) is 48.5 Å². The number of benzene rings is 3. The molecule has 0 bridgehead atoms. The molecule has 1 N–H and O–H groups in total. The van der Waals surface area contributed by atoms with Crippen LogP contribution in [0.25, 0.3) is 0 Å². The Morgan fingerprint density at radius 1 is 0.808 bits per heavy atom. The van der Waals surface area contributed by atoms with E-state index in [2.05, 4.69) is 5.32 Å². The number of carbonyl (C=O) groups excluding carboxylic acids is 1. The van der Waals surface area contributed by atoms with E-state index in [4.69, 9.17) is 0 Å². The van der Waals surface area contributed by atoms with Crippen LogP contribution in [0.2, 0.25) is 0 Å². The average molecular weight is 369 g/mol. The highest BCUT2D eigenvalue weighted by atomic mass is 32.2. The molecule has 0 atom stereocenters. The van der Waals surface area contributed by atoms with Gasteiger partial charge < -0.3 is 5.32 Å². The van der Waals surface area contributed by atoms with E-state index in [0.29, 0.717) is 11.3 Å². The minimum absolute atomic E-state index is 0.140. The molecule has 0 saturated carbocycles. The van der Waals surface area contributed by atoms with E-state index in [9.17, 15) is 17.6 Å². The normalized spacial score (nSPS) is 11.2. The molecule has 0 aliphatic rings. The molecule has 3 aromatic rings. The maximum Gasteiger partial charge on any atom is 0.255 e. The smallest absolute Gasteiger partial charge is 0.255 e. The van der Waals surface area contributed by atoms with Crippen molar-refractivity contribution in [2.24, 2.45) is 0 Å². The molecular weight excluding hydrogens is 353 g/mol. The molecule has 6 heteroatoms. The van der Waals surface area contributed by atoms with E-state index in [0.717, 1.165) is 5.56 Å². The quantitative estimate of drug-likeness (QED) is 0.749. The first-order valence-electron chi connectivity index (χ1n) is 7.85. The van der Waals surface area contributed by atoms with Crippen LogP contribution in [0.5, 0.6) is 0 Å². The number of carbonyl (C=O) groups is 1. The predicted octanol–water partition coefficient (Wildman–Crippen LogP) is 4.22. The van der Waals surface area contributed by atoms with Crippen LogP contribution < -0.4 is 5.32 Å². The summed E-state index contributed by atoms with van der Waals surface area (Å²) in [7, 11) is -3.61. The molecular formula is C20H16FNO3S. The zero-order valence-corrected chi connectivity index (χ0v) is 14.8. The number of aryl methyl sites for hydroxylation is 1. The highest BCUT2D eigenvalue weighted by Gasteiger charge is 2.17. The summed E-state index contributed by atoms with van der Waals surface area (Å²) in [5, 5.41) is 2.65. The Bertz CT molecular complexity index is 1030. The zero-order chi connectivity index (χ0) is 18.7. The predicted molar refractivity (Wildman–Crippen MR) is 97.4 cm³/mol. The largest absolute Gasteiger partial charge is 0.322 e. The first-order chi connectivity index (χ1) is 12.4. The SMILES string of the molecule is Cc1ccc(S(=O)(=O)c2ccc(NC(=O)c3ccc(F)cc3)cc2)cc1. The summed E-state index contributed by atoms with van der Waals surface area (Å²) in [5.74, 6) is -0.827. The van der Waals surface area contributed by atoms with Crippen molar-refractivity contribution in [3.8, 4) is 0 Å². The van der Waals surface area contributed by atoms with Crippen molar-refractivity contribution in [3.05, 3.63) is 89.7 Å². The number of hydrogen-bond acceptors (Lipinski definition) is 3. The van der Waals surface area contributed by atoms with Crippen LogP contribution >= 0.6 is 0 Å². The maximum atomic E-state index is 12.9. The monoisotopic (exact) mass is 369 g/mol. The van der Waals surface area contributed by atoms with Gasteiger partial charge in [-0.15, -0.1) is 0 Å². The molecule has 0 spiro atoms. The molecule has 3 rings (SSSR count). The van der Waals surface area contributed by atoms with Crippen molar-refractivity contribution < 1.29 is 17.6 Å². The van der Waals surface area contributed by atoms with Crippen molar-refractivity contribution in [1.29, 1.82) is 0 Å². The van der Waals surface area contributed by atoms with Gasteiger partial charge in [0.1, 0.15) is 5.82 Å². The second-order valence-corrected chi connectivity index (χ2v) is 7.75. The van der Waals surface area contributed by atoms with Gasteiger partial charge in [0.2, 0.25) is 9.84 Å². The van der Waals surface area contributed by atoms with Gasteiger partial charge in [-0.05, 0) is 67.6 Å². The molecule has 0 aromatic heterocycles. The fourth-order valence-electron chi connectivity index (χ4n) is 2.38. The van der Waals surface area contributed by atoms with Gasteiger partial charge in [-0.1, -0.05) is 17.7 Å². The van der Waals surface area contributed by atoms with Crippen molar-refractivity contribution in [2.45, 2.75) is 16.7 Å². The molecule has 4 nitrogen and oxygen atoms in total. The highest BCUT2D eigenvalue weighted by molar-refractivity contribution is 7.91. The Balaban J connectivity index is 1.78. The van der Waals surface area contributed by atoms with Gasteiger partial charge >= 0.3 is 0 Å². The molecule has 0 fully saturated rings. The molecule has 0 aliphatic carbocycles. The fourth-order valence-corrected chi connectivity index (χ4v) is 3.64. The lowest BCUT2D eigenvalue weighted by Gasteiger charge is -2.08. The summed E-state index contributed by atoms with van der Waals surface area (Å²) >= 11 is 0. The van der Waals surface area contributed by atoms with Crippen LogP contribution in [0.4, 0.5) is 10.1 Å². The van der Waals surface area contributed by atoms with Crippen molar-refractivity contribution >= 4 is 21.4 Å².